The SMILES string of the molecule is Cc1ccc(F)c2c1C(C(C)C)NCC2. The highest BCUT2D eigenvalue weighted by Crippen LogP contribution is 2.32. The molecule has 1 aliphatic rings. The number of hydrogen-bond acceptors (Lipinski definition) is 1. The van der Waals surface area contributed by atoms with Gasteiger partial charge in [0.15, 0.2) is 0 Å². The summed E-state index contributed by atoms with van der Waals surface area (Å²) in [5, 5.41) is 3.48. The Bertz CT molecular complexity index is 371. The third-order valence-corrected chi connectivity index (χ3v) is 3.23. The summed E-state index contributed by atoms with van der Waals surface area (Å²) >= 11 is 0. The van der Waals surface area contributed by atoms with Gasteiger partial charge in [-0.25, -0.2) is 4.39 Å². The van der Waals surface area contributed by atoms with Crippen LogP contribution in [0.2, 0.25) is 0 Å². The van der Waals surface area contributed by atoms with Gasteiger partial charge in [0.25, 0.3) is 0 Å². The van der Waals surface area contributed by atoms with E-state index in [1.807, 2.05) is 6.07 Å². The molecule has 2 rings (SSSR count). The normalized spacial score (nSPS) is 20.5. The van der Waals surface area contributed by atoms with Crippen molar-refractivity contribution in [1.29, 1.82) is 0 Å². The first kappa shape index (κ1) is 10.6. The van der Waals surface area contributed by atoms with Crippen LogP contribution >= 0.6 is 0 Å². The minimum atomic E-state index is -0.0391. The van der Waals surface area contributed by atoms with Gasteiger partial charge in [0.1, 0.15) is 5.82 Å². The lowest BCUT2D eigenvalue weighted by Gasteiger charge is -2.31. The van der Waals surface area contributed by atoms with E-state index >= 15 is 0 Å². The van der Waals surface area contributed by atoms with Gasteiger partial charge in [0.05, 0.1) is 0 Å². The lowest BCUT2D eigenvalue weighted by atomic mass is 9.85. The van der Waals surface area contributed by atoms with E-state index in [1.54, 1.807) is 6.07 Å². The predicted molar refractivity (Wildman–Crippen MR) is 60.4 cm³/mol. The van der Waals surface area contributed by atoms with Crippen molar-refractivity contribution in [2.75, 3.05) is 6.54 Å². The van der Waals surface area contributed by atoms with Gasteiger partial charge in [-0.3, -0.25) is 0 Å². The second kappa shape index (κ2) is 3.93. The molecule has 1 aliphatic heterocycles. The van der Waals surface area contributed by atoms with Crippen LogP contribution in [0.3, 0.4) is 0 Å². The molecule has 0 spiro atoms. The molecule has 1 aromatic rings. The van der Waals surface area contributed by atoms with Crippen LogP contribution in [0.25, 0.3) is 0 Å². The molecule has 1 unspecified atom stereocenters. The van der Waals surface area contributed by atoms with E-state index in [1.165, 1.54) is 11.1 Å². The fourth-order valence-electron chi connectivity index (χ4n) is 2.47. The van der Waals surface area contributed by atoms with Crippen molar-refractivity contribution in [2.45, 2.75) is 33.2 Å². The summed E-state index contributed by atoms with van der Waals surface area (Å²) in [4.78, 5) is 0. The summed E-state index contributed by atoms with van der Waals surface area (Å²) in [5.41, 5.74) is 3.32. The molecule has 1 heterocycles. The van der Waals surface area contributed by atoms with E-state index in [-0.39, 0.29) is 5.82 Å². The zero-order chi connectivity index (χ0) is 11.0. The van der Waals surface area contributed by atoms with Gasteiger partial charge in [-0.2, -0.15) is 0 Å². The van der Waals surface area contributed by atoms with Crippen LogP contribution in [0.5, 0.6) is 0 Å². The summed E-state index contributed by atoms with van der Waals surface area (Å²) < 4.78 is 13.7. The lowest BCUT2D eigenvalue weighted by Crippen LogP contribution is -2.34. The maximum absolute atomic E-state index is 13.7. The predicted octanol–water partition coefficient (Wildman–Crippen LogP) is 2.98. The summed E-state index contributed by atoms with van der Waals surface area (Å²) in [6.45, 7) is 7.31. The average molecular weight is 207 g/mol. The Hall–Kier alpha value is -0.890. The van der Waals surface area contributed by atoms with Gasteiger partial charge < -0.3 is 5.32 Å². The van der Waals surface area contributed by atoms with E-state index in [9.17, 15) is 4.39 Å². The van der Waals surface area contributed by atoms with Crippen LogP contribution in [-0.4, -0.2) is 6.54 Å². The molecule has 2 heteroatoms. The van der Waals surface area contributed by atoms with Crippen LogP contribution in [0.4, 0.5) is 4.39 Å². The second-order valence-electron chi connectivity index (χ2n) is 4.68. The Balaban J connectivity index is 2.54. The number of aryl methyl sites for hydroxylation is 1. The van der Waals surface area contributed by atoms with E-state index in [0.29, 0.717) is 12.0 Å². The molecule has 1 N–H and O–H groups in total. The highest BCUT2D eigenvalue weighted by atomic mass is 19.1. The molecule has 0 fully saturated rings. The number of rotatable bonds is 1. The molecule has 1 aromatic carbocycles. The van der Waals surface area contributed by atoms with Crippen molar-refractivity contribution >= 4 is 0 Å². The molecule has 0 saturated carbocycles. The minimum absolute atomic E-state index is 0.0391. The molecule has 0 saturated heterocycles. The number of halogens is 1. The Morgan fingerprint density at radius 3 is 2.80 bits per heavy atom. The highest BCUT2D eigenvalue weighted by molar-refractivity contribution is 5.40. The minimum Gasteiger partial charge on any atom is -0.309 e. The fourth-order valence-corrected chi connectivity index (χ4v) is 2.47. The molecule has 15 heavy (non-hydrogen) atoms. The zero-order valence-electron chi connectivity index (χ0n) is 9.60. The standard InChI is InChI=1S/C13H18FN/c1-8(2)13-12-9(3)4-5-11(14)10(12)6-7-15-13/h4-5,8,13,15H,6-7H2,1-3H3. The molecule has 0 amide bonds. The molecule has 0 aliphatic carbocycles. The van der Waals surface area contributed by atoms with Gasteiger partial charge in [-0.15, -0.1) is 0 Å². The first-order valence-corrected chi connectivity index (χ1v) is 5.62. The summed E-state index contributed by atoms with van der Waals surface area (Å²) in [7, 11) is 0. The largest absolute Gasteiger partial charge is 0.309 e. The fraction of sp³-hybridized carbons (Fsp3) is 0.538. The van der Waals surface area contributed by atoms with E-state index in [2.05, 4.69) is 26.1 Å². The summed E-state index contributed by atoms with van der Waals surface area (Å²) in [6.07, 6.45) is 0.812. The molecule has 0 aromatic heterocycles. The quantitative estimate of drug-likeness (QED) is 0.746. The lowest BCUT2D eigenvalue weighted by molar-refractivity contribution is 0.387. The molecular formula is C13H18FN. The van der Waals surface area contributed by atoms with E-state index < -0.39 is 0 Å². The van der Waals surface area contributed by atoms with Crippen molar-refractivity contribution < 1.29 is 4.39 Å². The molecule has 82 valence electrons. The van der Waals surface area contributed by atoms with Gasteiger partial charge >= 0.3 is 0 Å². The number of nitrogens with one attached hydrogen (secondary N) is 1. The average Bonchev–Trinajstić information content (AvgIpc) is 2.23. The maximum atomic E-state index is 13.7. The summed E-state index contributed by atoms with van der Waals surface area (Å²) in [6, 6.07) is 3.79. The molecule has 0 radical (unpaired) electrons. The van der Waals surface area contributed by atoms with E-state index in [4.69, 9.17) is 0 Å². The van der Waals surface area contributed by atoms with Crippen molar-refractivity contribution in [3.63, 3.8) is 0 Å². The summed E-state index contributed by atoms with van der Waals surface area (Å²) in [5.74, 6) is 0.465. The van der Waals surface area contributed by atoms with Crippen LogP contribution < -0.4 is 5.32 Å². The van der Waals surface area contributed by atoms with E-state index in [0.717, 1.165) is 18.5 Å². The van der Waals surface area contributed by atoms with Gasteiger partial charge in [-0.05, 0) is 48.6 Å². The Kier molecular flexibility index (Phi) is 2.79. The zero-order valence-corrected chi connectivity index (χ0v) is 9.60. The van der Waals surface area contributed by atoms with Crippen molar-refractivity contribution in [3.05, 3.63) is 34.6 Å². The third-order valence-electron chi connectivity index (χ3n) is 3.23. The number of fused-ring (bicyclic) bond motifs is 1. The van der Waals surface area contributed by atoms with Gasteiger partial charge in [-0.1, -0.05) is 19.9 Å². The van der Waals surface area contributed by atoms with Crippen molar-refractivity contribution in [2.24, 2.45) is 5.92 Å². The van der Waals surface area contributed by atoms with Crippen LogP contribution in [0, 0.1) is 18.7 Å². The topological polar surface area (TPSA) is 12.0 Å². The first-order chi connectivity index (χ1) is 7.11. The Morgan fingerprint density at radius 2 is 2.13 bits per heavy atom. The smallest absolute Gasteiger partial charge is 0.126 e. The second-order valence-corrected chi connectivity index (χ2v) is 4.68. The number of hydrogen-bond donors (Lipinski definition) is 1. The van der Waals surface area contributed by atoms with Crippen LogP contribution in [0.1, 0.15) is 36.6 Å². The Labute approximate surface area is 90.7 Å². The maximum Gasteiger partial charge on any atom is 0.126 e. The van der Waals surface area contributed by atoms with Crippen molar-refractivity contribution in [1.82, 2.24) is 5.32 Å². The Morgan fingerprint density at radius 1 is 1.40 bits per heavy atom. The third kappa shape index (κ3) is 1.78. The number of benzene rings is 1. The van der Waals surface area contributed by atoms with Gasteiger partial charge in [0.2, 0.25) is 0 Å². The molecule has 1 atom stereocenters. The highest BCUT2D eigenvalue weighted by Gasteiger charge is 2.25. The first-order valence-electron chi connectivity index (χ1n) is 5.62. The van der Waals surface area contributed by atoms with Gasteiger partial charge in [0, 0.05) is 6.04 Å². The molecule has 1 nitrogen and oxygen atoms in total. The molecular weight excluding hydrogens is 189 g/mol. The van der Waals surface area contributed by atoms with Crippen molar-refractivity contribution in [3.8, 4) is 0 Å². The van der Waals surface area contributed by atoms with Crippen LogP contribution in [0.15, 0.2) is 12.1 Å². The molecule has 0 bridgehead atoms. The monoisotopic (exact) mass is 207 g/mol. The van der Waals surface area contributed by atoms with Crippen LogP contribution in [-0.2, 0) is 6.42 Å².